The molecule has 0 saturated heterocycles. The Morgan fingerprint density at radius 1 is 0.360 bits per heavy atom. The van der Waals surface area contributed by atoms with Gasteiger partial charge >= 0.3 is 0 Å². The third-order valence-electron chi connectivity index (χ3n) is 9.34. The predicted molar refractivity (Wildman–Crippen MR) is 203 cm³/mol. The van der Waals surface area contributed by atoms with Crippen LogP contribution in [0.4, 0.5) is 0 Å². The lowest BCUT2D eigenvalue weighted by Crippen LogP contribution is -2.07. The van der Waals surface area contributed by atoms with Crippen LogP contribution in [-0.4, -0.2) is 29.1 Å². The van der Waals surface area contributed by atoms with Crippen LogP contribution in [0.3, 0.4) is 0 Å². The molecule has 234 valence electrons. The minimum Gasteiger partial charge on any atom is -0.309 e. The second-order valence-electron chi connectivity index (χ2n) is 12.4. The number of hydrogen-bond acceptors (Lipinski definition) is 4. The summed E-state index contributed by atoms with van der Waals surface area (Å²) in [6.45, 7) is 0. The van der Waals surface area contributed by atoms with Crippen molar-refractivity contribution in [2.24, 2.45) is 0 Å². The van der Waals surface area contributed by atoms with E-state index in [1.54, 1.807) is 0 Å². The standard InChI is InChI=1S/C44H28N6/c1-5-15-29(16-6-1)41-46-42(30-17-7-2-8-18-30)48-44(47-41)50-40-28-33-27-39-36(25-32(33)26-37(40)45-43(50)31-19-9-3-10-20-31)35-23-13-14-24-38(35)49(39)34-21-11-4-12-22-34/h1-28H. The van der Waals surface area contributed by atoms with Crippen LogP contribution < -0.4 is 0 Å². The van der Waals surface area contributed by atoms with Crippen LogP contribution in [0, 0.1) is 0 Å². The van der Waals surface area contributed by atoms with E-state index in [1.165, 1.54) is 16.3 Å². The van der Waals surface area contributed by atoms with Crippen LogP contribution in [0.2, 0.25) is 0 Å². The van der Waals surface area contributed by atoms with Gasteiger partial charge in [-0.25, -0.2) is 9.97 Å². The summed E-state index contributed by atoms with van der Waals surface area (Å²) in [6, 6.07) is 58.6. The molecule has 0 aliphatic carbocycles. The number of para-hydroxylation sites is 2. The van der Waals surface area contributed by atoms with Gasteiger partial charge < -0.3 is 4.57 Å². The first-order chi connectivity index (χ1) is 24.8. The Bertz CT molecular complexity index is 2780. The van der Waals surface area contributed by atoms with Gasteiger partial charge in [0.1, 0.15) is 5.82 Å². The number of rotatable bonds is 5. The average Bonchev–Trinajstić information content (AvgIpc) is 3.72. The van der Waals surface area contributed by atoms with E-state index in [1.807, 2.05) is 78.9 Å². The van der Waals surface area contributed by atoms with Crippen LogP contribution in [-0.2, 0) is 0 Å². The summed E-state index contributed by atoms with van der Waals surface area (Å²) in [5.74, 6) is 2.48. The van der Waals surface area contributed by atoms with Gasteiger partial charge in [0, 0.05) is 33.2 Å². The highest BCUT2D eigenvalue weighted by Gasteiger charge is 2.21. The van der Waals surface area contributed by atoms with Crippen molar-refractivity contribution in [1.82, 2.24) is 29.1 Å². The first kappa shape index (κ1) is 28.1. The minimum atomic E-state index is 0.512. The largest absolute Gasteiger partial charge is 0.309 e. The maximum Gasteiger partial charge on any atom is 0.240 e. The second kappa shape index (κ2) is 11.4. The lowest BCUT2D eigenvalue weighted by molar-refractivity contribution is 0.930. The normalized spacial score (nSPS) is 11.6. The fourth-order valence-electron chi connectivity index (χ4n) is 7.02. The number of nitrogens with zero attached hydrogens (tertiary/aromatic N) is 6. The molecule has 0 N–H and O–H groups in total. The molecule has 0 radical (unpaired) electrons. The number of aromatic nitrogens is 6. The van der Waals surface area contributed by atoms with Gasteiger partial charge in [0.25, 0.3) is 0 Å². The molecule has 6 heteroatoms. The highest BCUT2D eigenvalue weighted by Crippen LogP contribution is 2.37. The quantitative estimate of drug-likeness (QED) is 0.188. The zero-order chi connectivity index (χ0) is 33.0. The molecule has 0 fully saturated rings. The van der Waals surface area contributed by atoms with Crippen molar-refractivity contribution >= 4 is 43.6 Å². The first-order valence-corrected chi connectivity index (χ1v) is 16.7. The summed E-state index contributed by atoms with van der Waals surface area (Å²) in [4.78, 5) is 20.5. The molecule has 50 heavy (non-hydrogen) atoms. The van der Waals surface area contributed by atoms with Crippen LogP contribution >= 0.6 is 0 Å². The molecule has 7 aromatic carbocycles. The summed E-state index contributed by atoms with van der Waals surface area (Å²) in [5.41, 5.74) is 8.05. The molecule has 3 heterocycles. The van der Waals surface area contributed by atoms with Crippen LogP contribution in [0.1, 0.15) is 0 Å². The van der Waals surface area contributed by atoms with Gasteiger partial charge in [-0.2, -0.15) is 9.97 Å². The van der Waals surface area contributed by atoms with Crippen LogP contribution in [0.5, 0.6) is 0 Å². The van der Waals surface area contributed by atoms with Gasteiger partial charge in [-0.15, -0.1) is 0 Å². The molecule has 0 spiro atoms. The predicted octanol–water partition coefficient (Wildman–Crippen LogP) is 10.5. The monoisotopic (exact) mass is 640 g/mol. The number of imidazole rings is 1. The van der Waals surface area contributed by atoms with Gasteiger partial charge in [-0.05, 0) is 53.2 Å². The topological polar surface area (TPSA) is 61.4 Å². The van der Waals surface area contributed by atoms with Gasteiger partial charge in [-0.3, -0.25) is 4.57 Å². The molecule has 0 aliphatic rings. The maximum absolute atomic E-state index is 5.27. The highest BCUT2D eigenvalue weighted by molar-refractivity contribution is 6.14. The number of fused-ring (bicyclic) bond motifs is 5. The second-order valence-corrected chi connectivity index (χ2v) is 12.4. The van der Waals surface area contributed by atoms with Crippen molar-refractivity contribution in [1.29, 1.82) is 0 Å². The van der Waals surface area contributed by atoms with Crippen LogP contribution in [0.15, 0.2) is 170 Å². The van der Waals surface area contributed by atoms with E-state index < -0.39 is 0 Å². The molecule has 10 aromatic rings. The Morgan fingerprint density at radius 3 is 1.56 bits per heavy atom. The van der Waals surface area contributed by atoms with Gasteiger partial charge in [0.05, 0.1) is 22.1 Å². The molecular formula is C44H28N6. The van der Waals surface area contributed by atoms with Crippen molar-refractivity contribution in [2.45, 2.75) is 0 Å². The van der Waals surface area contributed by atoms with E-state index in [0.717, 1.165) is 55.5 Å². The third kappa shape index (κ3) is 4.58. The van der Waals surface area contributed by atoms with Crippen molar-refractivity contribution in [3.8, 4) is 45.8 Å². The van der Waals surface area contributed by atoms with E-state index in [9.17, 15) is 0 Å². The van der Waals surface area contributed by atoms with Crippen molar-refractivity contribution in [2.75, 3.05) is 0 Å². The van der Waals surface area contributed by atoms with Gasteiger partial charge in [-0.1, -0.05) is 127 Å². The SMILES string of the molecule is c1ccc(-c2nc(-c3ccccc3)nc(-n3c(-c4ccccc4)nc4cc5cc6c7ccccc7n(-c7ccccc7)c6cc5cc43)n2)cc1. The lowest BCUT2D eigenvalue weighted by Gasteiger charge is -2.12. The molecule has 0 amide bonds. The molecule has 0 atom stereocenters. The van der Waals surface area contributed by atoms with E-state index in [2.05, 4.69) is 100 Å². The van der Waals surface area contributed by atoms with E-state index in [0.29, 0.717) is 17.6 Å². The van der Waals surface area contributed by atoms with E-state index in [4.69, 9.17) is 19.9 Å². The summed E-state index contributed by atoms with van der Waals surface area (Å²) < 4.78 is 4.44. The minimum absolute atomic E-state index is 0.512. The van der Waals surface area contributed by atoms with E-state index in [-0.39, 0.29) is 0 Å². The molecule has 0 unspecified atom stereocenters. The Labute approximate surface area is 287 Å². The summed E-state index contributed by atoms with van der Waals surface area (Å²) >= 11 is 0. The van der Waals surface area contributed by atoms with Gasteiger partial charge in [0.15, 0.2) is 11.6 Å². The smallest absolute Gasteiger partial charge is 0.240 e. The Morgan fingerprint density at radius 2 is 0.900 bits per heavy atom. The highest BCUT2D eigenvalue weighted by atomic mass is 15.2. The molecule has 10 rings (SSSR count). The molecular weight excluding hydrogens is 613 g/mol. The summed E-state index contributed by atoms with van der Waals surface area (Å²) in [6.07, 6.45) is 0. The third-order valence-corrected chi connectivity index (χ3v) is 9.34. The molecule has 6 nitrogen and oxygen atoms in total. The summed E-state index contributed by atoms with van der Waals surface area (Å²) in [7, 11) is 0. The molecule has 0 aliphatic heterocycles. The Kier molecular flexibility index (Phi) is 6.39. The Balaban J connectivity index is 1.28. The fourth-order valence-corrected chi connectivity index (χ4v) is 7.02. The molecule has 0 bridgehead atoms. The van der Waals surface area contributed by atoms with Crippen LogP contribution in [0.25, 0.3) is 89.4 Å². The fraction of sp³-hybridized carbons (Fsp3) is 0. The zero-order valence-electron chi connectivity index (χ0n) is 26.8. The average molecular weight is 641 g/mol. The van der Waals surface area contributed by atoms with Crippen molar-refractivity contribution in [3.05, 3.63) is 170 Å². The first-order valence-electron chi connectivity index (χ1n) is 16.7. The number of hydrogen-bond donors (Lipinski definition) is 0. The van der Waals surface area contributed by atoms with E-state index >= 15 is 0 Å². The van der Waals surface area contributed by atoms with Gasteiger partial charge in [0.2, 0.25) is 5.95 Å². The number of benzene rings is 7. The van der Waals surface area contributed by atoms with Crippen molar-refractivity contribution < 1.29 is 0 Å². The maximum atomic E-state index is 5.27. The van der Waals surface area contributed by atoms with Crippen molar-refractivity contribution in [3.63, 3.8) is 0 Å². The summed E-state index contributed by atoms with van der Waals surface area (Å²) in [5, 5.41) is 4.65. The lowest BCUT2D eigenvalue weighted by atomic mass is 10.1. The molecule has 3 aromatic heterocycles. The zero-order valence-corrected chi connectivity index (χ0v) is 26.8. The Hall–Kier alpha value is -6.92. The molecule has 0 saturated carbocycles.